The minimum Gasteiger partial charge on any atom is -0.335 e. The summed E-state index contributed by atoms with van der Waals surface area (Å²) in [6.07, 6.45) is 2.58. The number of unbranched alkanes of at least 4 members (excludes halogenated alkanes) is 1. The number of hydrogen-bond donors (Lipinski definition) is 0. The zero-order valence-electron chi connectivity index (χ0n) is 16.9. The molecule has 0 spiro atoms. The van der Waals surface area contributed by atoms with Gasteiger partial charge >= 0.3 is 0 Å². The lowest BCUT2D eigenvalue weighted by molar-refractivity contribution is -0.135. The number of carbonyl (C=O) groups is 1. The third-order valence-corrected chi connectivity index (χ3v) is 5.16. The van der Waals surface area contributed by atoms with E-state index in [1.165, 1.54) is 0 Å². The molecule has 0 N–H and O–H groups in total. The summed E-state index contributed by atoms with van der Waals surface area (Å²) in [7, 11) is 0. The van der Waals surface area contributed by atoms with Crippen molar-refractivity contribution in [1.29, 1.82) is 0 Å². The van der Waals surface area contributed by atoms with Crippen LogP contribution in [-0.4, -0.2) is 16.8 Å². The van der Waals surface area contributed by atoms with Gasteiger partial charge < -0.3 is 4.90 Å². The Labute approximate surface area is 163 Å². The molecule has 0 aliphatic carbocycles. The molecule has 0 aromatic heterocycles. The van der Waals surface area contributed by atoms with Crippen LogP contribution in [0.2, 0.25) is 0 Å². The Morgan fingerprint density at radius 3 is 2.33 bits per heavy atom. The molecule has 1 amide bonds. The number of hydrogen-bond acceptors (Lipinski definition) is 1. The summed E-state index contributed by atoms with van der Waals surface area (Å²) in [6.45, 7) is 16.5. The number of rotatable bonds is 8. The van der Waals surface area contributed by atoms with Crippen molar-refractivity contribution >= 4 is 11.6 Å². The van der Waals surface area contributed by atoms with Crippen molar-refractivity contribution in [2.45, 2.75) is 59.5 Å². The van der Waals surface area contributed by atoms with E-state index in [1.54, 1.807) is 0 Å². The Morgan fingerprint density at radius 1 is 1.07 bits per heavy atom. The van der Waals surface area contributed by atoms with Gasteiger partial charge in [-0.15, -0.1) is 0 Å². The van der Waals surface area contributed by atoms with Gasteiger partial charge in [-0.05, 0) is 36.0 Å². The smallest absolute Gasteiger partial charge is 0.223 e. The minimum atomic E-state index is 0.205. The average molecular weight is 363 g/mol. The van der Waals surface area contributed by atoms with Gasteiger partial charge in [-0.3, -0.25) is 4.79 Å². The molecule has 0 bridgehead atoms. The van der Waals surface area contributed by atoms with Gasteiger partial charge in [0.2, 0.25) is 5.91 Å². The van der Waals surface area contributed by atoms with Gasteiger partial charge in [0, 0.05) is 19.0 Å². The molecule has 0 saturated heterocycles. The normalized spacial score (nSPS) is 11.9. The van der Waals surface area contributed by atoms with E-state index in [1.807, 2.05) is 41.3 Å². The van der Waals surface area contributed by atoms with E-state index >= 15 is 0 Å². The zero-order valence-corrected chi connectivity index (χ0v) is 16.9. The summed E-state index contributed by atoms with van der Waals surface area (Å²) in [6, 6.07) is 16.1. The van der Waals surface area contributed by atoms with Crippen molar-refractivity contribution in [2.24, 2.45) is 5.92 Å². The van der Waals surface area contributed by atoms with E-state index in [-0.39, 0.29) is 11.9 Å². The Morgan fingerprint density at radius 2 is 1.74 bits per heavy atom. The van der Waals surface area contributed by atoms with Gasteiger partial charge in [0.25, 0.3) is 0 Å². The summed E-state index contributed by atoms with van der Waals surface area (Å²) in [5, 5.41) is 0. The standard InChI is InChI=1S/C24H30N2O/c1-6-7-12-24(27)26(19(4)18(2)3)17-20-13-15-21(16-14-20)22-10-8-9-11-23(22)25-5/h8-11,13-16,18-19H,6-7,12,17H2,1-4H3/t19-/m1/s1. The fraction of sp³-hybridized carbons (Fsp3) is 0.417. The molecule has 2 aromatic rings. The van der Waals surface area contributed by atoms with Gasteiger partial charge in [-0.25, -0.2) is 4.85 Å². The fourth-order valence-corrected chi connectivity index (χ4v) is 3.09. The van der Waals surface area contributed by atoms with Crippen molar-refractivity contribution < 1.29 is 4.79 Å². The van der Waals surface area contributed by atoms with Crippen LogP contribution < -0.4 is 0 Å². The van der Waals surface area contributed by atoms with Crippen LogP contribution in [-0.2, 0) is 11.3 Å². The summed E-state index contributed by atoms with van der Waals surface area (Å²) in [5.41, 5.74) is 3.77. The highest BCUT2D eigenvalue weighted by atomic mass is 16.2. The first kappa shape index (κ1) is 20.7. The highest BCUT2D eigenvalue weighted by Gasteiger charge is 2.22. The van der Waals surface area contributed by atoms with Crippen LogP contribution >= 0.6 is 0 Å². The minimum absolute atomic E-state index is 0.205. The van der Waals surface area contributed by atoms with E-state index in [4.69, 9.17) is 6.57 Å². The third-order valence-electron chi connectivity index (χ3n) is 5.16. The van der Waals surface area contributed by atoms with Crippen LogP contribution in [0, 0.1) is 12.5 Å². The van der Waals surface area contributed by atoms with E-state index in [9.17, 15) is 4.79 Å². The lowest BCUT2D eigenvalue weighted by Crippen LogP contribution is -2.40. The van der Waals surface area contributed by atoms with Crippen molar-refractivity contribution in [1.82, 2.24) is 4.90 Å². The molecular weight excluding hydrogens is 332 g/mol. The third kappa shape index (κ3) is 5.44. The average Bonchev–Trinajstić information content (AvgIpc) is 2.70. The highest BCUT2D eigenvalue weighted by Crippen LogP contribution is 2.30. The molecule has 1 atom stereocenters. The largest absolute Gasteiger partial charge is 0.335 e. The molecule has 0 unspecified atom stereocenters. The number of nitrogens with zero attached hydrogens (tertiary/aromatic N) is 2. The summed E-state index contributed by atoms with van der Waals surface area (Å²) >= 11 is 0. The summed E-state index contributed by atoms with van der Waals surface area (Å²) in [5.74, 6) is 0.654. The molecule has 0 heterocycles. The first-order valence-electron chi connectivity index (χ1n) is 9.83. The first-order valence-corrected chi connectivity index (χ1v) is 9.83. The SMILES string of the molecule is [C-]#[N+]c1ccccc1-c1ccc(CN(C(=O)CCCC)[C@H](C)C(C)C)cc1. The molecule has 0 radical (unpaired) electrons. The van der Waals surface area contributed by atoms with Gasteiger partial charge in [0.15, 0.2) is 5.69 Å². The monoisotopic (exact) mass is 362 g/mol. The van der Waals surface area contributed by atoms with Crippen LogP contribution in [0.15, 0.2) is 48.5 Å². The van der Waals surface area contributed by atoms with Gasteiger partial charge in [0.1, 0.15) is 0 Å². The van der Waals surface area contributed by atoms with Crippen molar-refractivity contribution in [2.75, 3.05) is 0 Å². The Bertz CT molecular complexity index is 787. The lowest BCUT2D eigenvalue weighted by atomic mass is 10.0. The van der Waals surface area contributed by atoms with Crippen LogP contribution in [0.5, 0.6) is 0 Å². The van der Waals surface area contributed by atoms with Crippen LogP contribution in [0.4, 0.5) is 5.69 Å². The summed E-state index contributed by atoms with van der Waals surface area (Å²) in [4.78, 5) is 18.3. The van der Waals surface area contributed by atoms with Gasteiger partial charge in [0.05, 0.1) is 6.57 Å². The van der Waals surface area contributed by atoms with Crippen LogP contribution in [0.25, 0.3) is 16.0 Å². The van der Waals surface area contributed by atoms with E-state index in [2.05, 4.69) is 44.7 Å². The molecule has 3 nitrogen and oxygen atoms in total. The second-order valence-electron chi connectivity index (χ2n) is 7.44. The second-order valence-corrected chi connectivity index (χ2v) is 7.44. The van der Waals surface area contributed by atoms with E-state index < -0.39 is 0 Å². The van der Waals surface area contributed by atoms with E-state index in [0.29, 0.717) is 24.6 Å². The van der Waals surface area contributed by atoms with Crippen molar-refractivity contribution in [3.63, 3.8) is 0 Å². The molecule has 2 rings (SSSR count). The van der Waals surface area contributed by atoms with Gasteiger partial charge in [-0.2, -0.15) is 0 Å². The number of amides is 1. The number of benzene rings is 2. The quantitative estimate of drug-likeness (QED) is 0.494. The molecule has 142 valence electrons. The van der Waals surface area contributed by atoms with Crippen LogP contribution in [0.3, 0.4) is 0 Å². The molecule has 0 aliphatic heterocycles. The first-order chi connectivity index (χ1) is 13.0. The second kappa shape index (κ2) is 9.92. The molecule has 0 fully saturated rings. The maximum Gasteiger partial charge on any atom is 0.223 e. The molecular formula is C24H30N2O. The Balaban J connectivity index is 2.21. The number of para-hydroxylation sites is 1. The number of carbonyl (C=O) groups excluding carboxylic acids is 1. The predicted molar refractivity (Wildman–Crippen MR) is 113 cm³/mol. The van der Waals surface area contributed by atoms with E-state index in [0.717, 1.165) is 29.5 Å². The fourth-order valence-electron chi connectivity index (χ4n) is 3.09. The lowest BCUT2D eigenvalue weighted by Gasteiger charge is -2.32. The van der Waals surface area contributed by atoms with Crippen LogP contribution in [0.1, 0.15) is 52.5 Å². The molecule has 0 saturated carbocycles. The Kier molecular flexibility index (Phi) is 7.61. The maximum absolute atomic E-state index is 12.7. The Hall–Kier alpha value is -2.60. The van der Waals surface area contributed by atoms with Crippen molar-refractivity contribution in [3.8, 4) is 11.1 Å². The predicted octanol–water partition coefficient (Wildman–Crippen LogP) is 6.47. The topological polar surface area (TPSA) is 24.7 Å². The van der Waals surface area contributed by atoms with Gasteiger partial charge in [-0.1, -0.05) is 75.7 Å². The maximum atomic E-state index is 12.7. The zero-order chi connectivity index (χ0) is 19.8. The summed E-state index contributed by atoms with van der Waals surface area (Å²) < 4.78 is 0. The van der Waals surface area contributed by atoms with Crippen molar-refractivity contribution in [3.05, 3.63) is 65.5 Å². The highest BCUT2D eigenvalue weighted by molar-refractivity contribution is 5.78. The molecule has 0 aliphatic rings. The molecule has 27 heavy (non-hydrogen) atoms. The molecule has 3 heteroatoms. The molecule has 2 aromatic carbocycles.